The molecular weight excluding hydrogens is 266 g/mol. The standard InChI is InChI=1S/C16H21N3O2/c1-16(2,3)21-15(20)19-10-13(11-19)18-14(9-17)12-7-5-4-6-8-12/h4-8,13-14,18H,10-11H2,1-3H3. The van der Waals surface area contributed by atoms with Gasteiger partial charge < -0.3 is 9.64 Å². The second kappa shape index (κ2) is 6.15. The smallest absolute Gasteiger partial charge is 0.410 e. The van der Waals surface area contributed by atoms with Crippen LogP contribution in [0.25, 0.3) is 0 Å². The van der Waals surface area contributed by atoms with Gasteiger partial charge in [0.25, 0.3) is 0 Å². The number of nitrogens with zero attached hydrogens (tertiary/aromatic N) is 2. The first kappa shape index (κ1) is 15.3. The van der Waals surface area contributed by atoms with Crippen LogP contribution in [0.5, 0.6) is 0 Å². The van der Waals surface area contributed by atoms with E-state index in [1.807, 2.05) is 51.1 Å². The summed E-state index contributed by atoms with van der Waals surface area (Å²) < 4.78 is 5.30. The average molecular weight is 287 g/mol. The SMILES string of the molecule is CC(C)(C)OC(=O)N1CC(NC(C#N)c2ccccc2)C1. The molecule has 0 radical (unpaired) electrons. The molecule has 112 valence electrons. The molecule has 1 atom stereocenters. The molecule has 1 aromatic rings. The van der Waals surface area contributed by atoms with Crippen LogP contribution >= 0.6 is 0 Å². The van der Waals surface area contributed by atoms with Crippen LogP contribution < -0.4 is 5.32 Å². The second-order valence-corrected chi connectivity index (χ2v) is 6.22. The Morgan fingerprint density at radius 2 is 2.00 bits per heavy atom. The van der Waals surface area contributed by atoms with E-state index in [2.05, 4.69) is 11.4 Å². The second-order valence-electron chi connectivity index (χ2n) is 6.22. The molecule has 0 aromatic heterocycles. The number of hydrogen-bond donors (Lipinski definition) is 1. The fraction of sp³-hybridized carbons (Fsp3) is 0.500. The lowest BCUT2D eigenvalue weighted by molar-refractivity contribution is 0.00475. The normalized spacial score (nSPS) is 16.8. The molecule has 1 aliphatic rings. The maximum absolute atomic E-state index is 11.8. The largest absolute Gasteiger partial charge is 0.444 e. The predicted octanol–water partition coefficient (Wildman–Crippen LogP) is 2.46. The first-order valence-corrected chi connectivity index (χ1v) is 7.07. The first-order valence-electron chi connectivity index (χ1n) is 7.07. The minimum atomic E-state index is -0.477. The summed E-state index contributed by atoms with van der Waals surface area (Å²) in [6, 6.07) is 11.6. The Bertz CT molecular complexity index is 525. The van der Waals surface area contributed by atoms with Crippen molar-refractivity contribution in [3.05, 3.63) is 35.9 Å². The van der Waals surface area contributed by atoms with Crippen molar-refractivity contribution >= 4 is 6.09 Å². The van der Waals surface area contributed by atoms with Crippen LogP contribution in [0.3, 0.4) is 0 Å². The topological polar surface area (TPSA) is 65.4 Å². The quantitative estimate of drug-likeness (QED) is 0.927. The van der Waals surface area contributed by atoms with Gasteiger partial charge in [-0.3, -0.25) is 5.32 Å². The average Bonchev–Trinajstić information content (AvgIpc) is 2.36. The van der Waals surface area contributed by atoms with Gasteiger partial charge in [0.2, 0.25) is 0 Å². The molecule has 0 bridgehead atoms. The van der Waals surface area contributed by atoms with Gasteiger partial charge in [-0.25, -0.2) is 4.79 Å². The van der Waals surface area contributed by atoms with Gasteiger partial charge in [-0.2, -0.15) is 5.26 Å². The van der Waals surface area contributed by atoms with Gasteiger partial charge in [-0.05, 0) is 26.3 Å². The van der Waals surface area contributed by atoms with E-state index in [0.717, 1.165) is 5.56 Å². The Morgan fingerprint density at radius 1 is 1.38 bits per heavy atom. The molecule has 1 amide bonds. The molecular formula is C16H21N3O2. The molecule has 21 heavy (non-hydrogen) atoms. The Balaban J connectivity index is 1.82. The number of hydrogen-bond acceptors (Lipinski definition) is 4. The van der Waals surface area contributed by atoms with E-state index >= 15 is 0 Å². The third-order valence-corrected chi connectivity index (χ3v) is 3.20. The third kappa shape index (κ3) is 4.20. The van der Waals surface area contributed by atoms with Gasteiger partial charge in [-0.15, -0.1) is 0 Å². The van der Waals surface area contributed by atoms with Crippen LogP contribution in [0.4, 0.5) is 4.79 Å². The molecule has 5 heteroatoms. The molecule has 1 N–H and O–H groups in total. The molecule has 0 aliphatic carbocycles. The van der Waals surface area contributed by atoms with E-state index in [1.165, 1.54) is 0 Å². The number of ether oxygens (including phenoxy) is 1. The molecule has 1 fully saturated rings. The van der Waals surface area contributed by atoms with Gasteiger partial charge in [-0.1, -0.05) is 30.3 Å². The number of amides is 1. The molecule has 1 aliphatic heterocycles. The molecule has 1 aromatic carbocycles. The Kier molecular flexibility index (Phi) is 4.49. The van der Waals surface area contributed by atoms with Gasteiger partial charge in [0.15, 0.2) is 0 Å². The summed E-state index contributed by atoms with van der Waals surface area (Å²) in [5.41, 5.74) is 0.463. The van der Waals surface area contributed by atoms with Crippen molar-refractivity contribution < 1.29 is 9.53 Å². The Hall–Kier alpha value is -2.06. The van der Waals surface area contributed by atoms with Crippen LogP contribution in [0.2, 0.25) is 0 Å². The van der Waals surface area contributed by atoms with Gasteiger partial charge >= 0.3 is 6.09 Å². The first-order chi connectivity index (χ1) is 9.89. The van der Waals surface area contributed by atoms with E-state index < -0.39 is 5.60 Å². The monoisotopic (exact) mass is 287 g/mol. The highest BCUT2D eigenvalue weighted by Gasteiger charge is 2.34. The molecule has 2 rings (SSSR count). The maximum Gasteiger partial charge on any atom is 0.410 e. The molecule has 1 saturated heterocycles. The highest BCUT2D eigenvalue weighted by molar-refractivity contribution is 5.69. The highest BCUT2D eigenvalue weighted by atomic mass is 16.6. The minimum absolute atomic E-state index is 0.127. The van der Waals surface area contributed by atoms with Crippen molar-refractivity contribution in [2.24, 2.45) is 0 Å². The van der Waals surface area contributed by atoms with Crippen molar-refractivity contribution in [1.29, 1.82) is 5.26 Å². The summed E-state index contributed by atoms with van der Waals surface area (Å²) in [5.74, 6) is 0. The summed E-state index contributed by atoms with van der Waals surface area (Å²) in [6.45, 7) is 6.68. The van der Waals surface area contributed by atoms with E-state index in [4.69, 9.17) is 4.74 Å². The number of rotatable bonds is 3. The zero-order valence-electron chi connectivity index (χ0n) is 12.7. The van der Waals surface area contributed by atoms with E-state index in [-0.39, 0.29) is 18.2 Å². The van der Waals surface area contributed by atoms with Crippen molar-refractivity contribution in [2.45, 2.75) is 38.5 Å². The van der Waals surface area contributed by atoms with Crippen molar-refractivity contribution in [3.8, 4) is 6.07 Å². The molecule has 1 heterocycles. The number of carbonyl (C=O) groups excluding carboxylic acids is 1. The van der Waals surface area contributed by atoms with E-state index in [0.29, 0.717) is 13.1 Å². The maximum atomic E-state index is 11.8. The zero-order valence-corrected chi connectivity index (χ0v) is 12.7. The van der Waals surface area contributed by atoms with Crippen LogP contribution in [-0.4, -0.2) is 35.7 Å². The predicted molar refractivity (Wildman–Crippen MR) is 79.5 cm³/mol. The van der Waals surface area contributed by atoms with Crippen molar-refractivity contribution in [1.82, 2.24) is 10.2 Å². The lowest BCUT2D eigenvalue weighted by Gasteiger charge is -2.41. The lowest BCUT2D eigenvalue weighted by atomic mass is 10.0. The van der Waals surface area contributed by atoms with Gasteiger partial charge in [0.05, 0.1) is 6.07 Å². The zero-order chi connectivity index (χ0) is 15.5. The Labute approximate surface area is 125 Å². The van der Waals surface area contributed by atoms with Crippen LogP contribution in [-0.2, 0) is 4.74 Å². The van der Waals surface area contributed by atoms with E-state index in [1.54, 1.807) is 4.90 Å². The fourth-order valence-electron chi connectivity index (χ4n) is 2.15. The summed E-state index contributed by atoms with van der Waals surface area (Å²) in [6.07, 6.45) is -0.297. The van der Waals surface area contributed by atoms with Crippen molar-refractivity contribution in [2.75, 3.05) is 13.1 Å². The summed E-state index contributed by atoms with van der Waals surface area (Å²) in [5, 5.41) is 12.5. The molecule has 5 nitrogen and oxygen atoms in total. The van der Waals surface area contributed by atoms with Crippen LogP contribution in [0.1, 0.15) is 32.4 Å². The molecule has 0 spiro atoms. The minimum Gasteiger partial charge on any atom is -0.444 e. The van der Waals surface area contributed by atoms with Crippen molar-refractivity contribution in [3.63, 3.8) is 0 Å². The number of likely N-dealkylation sites (tertiary alicyclic amines) is 1. The number of nitriles is 1. The molecule has 0 saturated carbocycles. The van der Waals surface area contributed by atoms with Gasteiger partial charge in [0.1, 0.15) is 11.6 Å². The summed E-state index contributed by atoms with van der Waals surface area (Å²) in [4.78, 5) is 13.5. The molecule has 1 unspecified atom stereocenters. The third-order valence-electron chi connectivity index (χ3n) is 3.20. The van der Waals surface area contributed by atoms with Crippen LogP contribution in [0.15, 0.2) is 30.3 Å². The Morgan fingerprint density at radius 3 is 2.52 bits per heavy atom. The van der Waals surface area contributed by atoms with Gasteiger partial charge in [0, 0.05) is 19.1 Å². The number of nitrogens with one attached hydrogen (secondary N) is 1. The number of carbonyl (C=O) groups is 1. The fourth-order valence-corrected chi connectivity index (χ4v) is 2.15. The summed E-state index contributed by atoms with van der Waals surface area (Å²) >= 11 is 0. The van der Waals surface area contributed by atoms with Crippen LogP contribution in [0, 0.1) is 11.3 Å². The summed E-state index contributed by atoms with van der Waals surface area (Å²) in [7, 11) is 0. The highest BCUT2D eigenvalue weighted by Crippen LogP contribution is 2.18. The lowest BCUT2D eigenvalue weighted by Crippen LogP contribution is -2.60. The van der Waals surface area contributed by atoms with E-state index in [9.17, 15) is 10.1 Å². The number of benzene rings is 1.